The van der Waals surface area contributed by atoms with E-state index in [1.165, 1.54) is 16.7 Å². The molecule has 0 spiro atoms. The molecule has 4 aromatic rings. The number of rotatable bonds is 4. The van der Waals surface area contributed by atoms with Gasteiger partial charge in [-0.25, -0.2) is 0 Å². The number of nitrogens with one attached hydrogen (secondary N) is 1. The lowest BCUT2D eigenvalue weighted by Gasteiger charge is -2.29. The van der Waals surface area contributed by atoms with Crippen molar-refractivity contribution in [2.24, 2.45) is 0 Å². The Bertz CT molecular complexity index is 1280. The molecular weight excluding hydrogens is 412 g/mol. The molecule has 1 N–H and O–H groups in total. The van der Waals surface area contributed by atoms with Gasteiger partial charge in [0.1, 0.15) is 6.04 Å². The van der Waals surface area contributed by atoms with Gasteiger partial charge in [0.05, 0.1) is 11.7 Å². The zero-order chi connectivity index (χ0) is 22.2. The van der Waals surface area contributed by atoms with Gasteiger partial charge in [-0.3, -0.25) is 4.98 Å². The summed E-state index contributed by atoms with van der Waals surface area (Å²) in [6.07, 6.45) is 3.97. The molecule has 5 rings (SSSR count). The molecule has 160 valence electrons. The van der Waals surface area contributed by atoms with Crippen LogP contribution in [-0.4, -0.2) is 14.7 Å². The third kappa shape index (κ3) is 3.59. The molecule has 1 aliphatic heterocycles. The maximum atomic E-state index is 5.89. The molecule has 1 fully saturated rings. The molecule has 4 nitrogen and oxygen atoms in total. The van der Waals surface area contributed by atoms with Gasteiger partial charge in [0.15, 0.2) is 5.11 Å². The van der Waals surface area contributed by atoms with E-state index in [4.69, 9.17) is 12.2 Å². The zero-order valence-electron chi connectivity index (χ0n) is 18.5. The third-order valence-corrected chi connectivity index (χ3v) is 6.54. The topological polar surface area (TPSA) is 33.1 Å². The molecule has 2 unspecified atom stereocenters. The monoisotopic (exact) mass is 438 g/mol. The first-order valence-electron chi connectivity index (χ1n) is 10.8. The van der Waals surface area contributed by atoms with E-state index in [0.717, 1.165) is 22.8 Å². The van der Waals surface area contributed by atoms with Crippen molar-refractivity contribution in [2.45, 2.75) is 32.9 Å². The Kier molecular flexibility index (Phi) is 5.27. The molecule has 3 heterocycles. The summed E-state index contributed by atoms with van der Waals surface area (Å²) in [4.78, 5) is 6.91. The quantitative estimate of drug-likeness (QED) is 0.398. The Morgan fingerprint density at radius 2 is 1.72 bits per heavy atom. The summed E-state index contributed by atoms with van der Waals surface area (Å²) in [5.41, 5.74) is 8.12. The molecule has 0 aliphatic carbocycles. The lowest BCUT2D eigenvalue weighted by atomic mass is 10.00. The van der Waals surface area contributed by atoms with Gasteiger partial charge in [-0.05, 0) is 98.2 Å². The number of hydrogen-bond acceptors (Lipinski definition) is 2. The summed E-state index contributed by atoms with van der Waals surface area (Å²) in [6.45, 7) is 6.40. The summed E-state index contributed by atoms with van der Waals surface area (Å²) >= 11 is 5.89. The fraction of sp³-hybridized carbons (Fsp3) is 0.185. The smallest absolute Gasteiger partial charge is 0.174 e. The van der Waals surface area contributed by atoms with Gasteiger partial charge in [-0.1, -0.05) is 24.3 Å². The largest absolute Gasteiger partial charge is 0.351 e. The molecule has 1 aliphatic rings. The minimum absolute atomic E-state index is 0.0463. The number of benzene rings is 2. The minimum atomic E-state index is -0.0660. The van der Waals surface area contributed by atoms with E-state index >= 15 is 0 Å². The van der Waals surface area contributed by atoms with Crippen molar-refractivity contribution in [3.8, 4) is 5.69 Å². The van der Waals surface area contributed by atoms with E-state index in [0.29, 0.717) is 5.11 Å². The predicted octanol–water partition coefficient (Wildman–Crippen LogP) is 5.97. The number of pyridine rings is 1. The third-order valence-electron chi connectivity index (χ3n) is 6.23. The summed E-state index contributed by atoms with van der Waals surface area (Å²) in [5.74, 6) is 0. The number of nitrogens with zero attached hydrogens (tertiary/aromatic N) is 3. The summed E-state index contributed by atoms with van der Waals surface area (Å²) in [7, 11) is 0. The summed E-state index contributed by atoms with van der Waals surface area (Å²) in [5, 5.41) is 4.28. The first-order valence-corrected chi connectivity index (χ1v) is 11.3. The molecule has 1 saturated heterocycles. The second-order valence-corrected chi connectivity index (χ2v) is 8.79. The molecule has 2 aromatic carbocycles. The first-order chi connectivity index (χ1) is 15.5. The van der Waals surface area contributed by atoms with Crippen LogP contribution in [0.5, 0.6) is 0 Å². The highest BCUT2D eigenvalue weighted by molar-refractivity contribution is 7.80. The Balaban J connectivity index is 1.68. The average Bonchev–Trinajstić information content (AvgIpc) is 3.40. The zero-order valence-corrected chi connectivity index (χ0v) is 19.3. The van der Waals surface area contributed by atoms with E-state index in [1.54, 1.807) is 0 Å². The van der Waals surface area contributed by atoms with Crippen LogP contribution in [0.1, 0.15) is 40.2 Å². The lowest BCUT2D eigenvalue weighted by molar-refractivity contribution is 0.549. The van der Waals surface area contributed by atoms with Crippen LogP contribution in [-0.2, 0) is 0 Å². The van der Waals surface area contributed by atoms with Crippen molar-refractivity contribution in [3.05, 3.63) is 113 Å². The van der Waals surface area contributed by atoms with Crippen LogP contribution >= 0.6 is 12.2 Å². The van der Waals surface area contributed by atoms with Crippen LogP contribution < -0.4 is 10.2 Å². The van der Waals surface area contributed by atoms with Crippen molar-refractivity contribution >= 4 is 23.0 Å². The second-order valence-electron chi connectivity index (χ2n) is 8.41. The van der Waals surface area contributed by atoms with Crippen LogP contribution in [0.25, 0.3) is 5.69 Å². The molecule has 2 atom stereocenters. The Morgan fingerprint density at radius 3 is 2.47 bits per heavy atom. The van der Waals surface area contributed by atoms with Crippen LogP contribution in [0.4, 0.5) is 5.69 Å². The second kappa shape index (κ2) is 8.24. The number of aromatic nitrogens is 2. The van der Waals surface area contributed by atoms with Crippen molar-refractivity contribution in [1.82, 2.24) is 14.9 Å². The normalized spacial score (nSPS) is 18.1. The Labute approximate surface area is 194 Å². The van der Waals surface area contributed by atoms with E-state index in [2.05, 4.69) is 107 Å². The van der Waals surface area contributed by atoms with Gasteiger partial charge < -0.3 is 14.8 Å². The average molecular weight is 439 g/mol. The van der Waals surface area contributed by atoms with Crippen molar-refractivity contribution in [1.29, 1.82) is 0 Å². The standard InChI is InChI=1S/C27H26N4S/c1-18-8-6-9-21(16-18)30-15-7-11-24(30)26-25(23-10-4-5-14-28-23)29-27(32)31(26)22-13-12-19(2)20(3)17-22/h4-17,25-26H,1-3H3,(H,29,32). The van der Waals surface area contributed by atoms with Gasteiger partial charge in [-0.2, -0.15) is 0 Å². The molecule has 0 radical (unpaired) electrons. The highest BCUT2D eigenvalue weighted by Gasteiger charge is 2.42. The van der Waals surface area contributed by atoms with Crippen LogP contribution in [0.3, 0.4) is 0 Å². The van der Waals surface area contributed by atoms with Gasteiger partial charge in [0, 0.05) is 29.5 Å². The maximum Gasteiger partial charge on any atom is 0.174 e. The SMILES string of the molecule is Cc1cccc(-n2cccc2C2C(c3ccccn3)NC(=S)N2c2ccc(C)c(C)c2)c1. The first kappa shape index (κ1) is 20.5. The molecule has 2 aromatic heterocycles. The molecule has 5 heteroatoms. The van der Waals surface area contributed by atoms with E-state index in [1.807, 2.05) is 18.3 Å². The fourth-order valence-corrected chi connectivity index (χ4v) is 4.80. The van der Waals surface area contributed by atoms with Gasteiger partial charge in [0.25, 0.3) is 0 Å². The van der Waals surface area contributed by atoms with Crippen LogP contribution in [0, 0.1) is 20.8 Å². The number of anilines is 1. The molecule has 0 amide bonds. The van der Waals surface area contributed by atoms with E-state index in [-0.39, 0.29) is 12.1 Å². The van der Waals surface area contributed by atoms with Crippen LogP contribution in [0.2, 0.25) is 0 Å². The number of aryl methyl sites for hydroxylation is 3. The highest BCUT2D eigenvalue weighted by atomic mass is 32.1. The van der Waals surface area contributed by atoms with E-state index in [9.17, 15) is 0 Å². The molecule has 32 heavy (non-hydrogen) atoms. The molecular formula is C27H26N4S. The Morgan fingerprint density at radius 1 is 0.844 bits per heavy atom. The molecule has 0 bridgehead atoms. The maximum absolute atomic E-state index is 5.89. The summed E-state index contributed by atoms with van der Waals surface area (Å²) in [6, 6.07) is 25.3. The number of hydrogen-bond donors (Lipinski definition) is 1. The Hall–Kier alpha value is -3.44. The van der Waals surface area contributed by atoms with Crippen molar-refractivity contribution < 1.29 is 0 Å². The van der Waals surface area contributed by atoms with Crippen LogP contribution in [0.15, 0.2) is 85.2 Å². The lowest BCUT2D eigenvalue weighted by Crippen LogP contribution is -2.30. The molecule has 0 saturated carbocycles. The van der Waals surface area contributed by atoms with Crippen molar-refractivity contribution in [3.63, 3.8) is 0 Å². The van der Waals surface area contributed by atoms with E-state index < -0.39 is 0 Å². The fourth-order valence-electron chi connectivity index (χ4n) is 4.46. The van der Waals surface area contributed by atoms with Crippen molar-refractivity contribution in [2.75, 3.05) is 4.90 Å². The van der Waals surface area contributed by atoms with Gasteiger partial charge in [0.2, 0.25) is 0 Å². The summed E-state index contributed by atoms with van der Waals surface area (Å²) < 4.78 is 2.26. The predicted molar refractivity (Wildman–Crippen MR) is 134 cm³/mol. The van der Waals surface area contributed by atoms with Gasteiger partial charge in [-0.15, -0.1) is 0 Å². The minimum Gasteiger partial charge on any atom is -0.351 e. The highest BCUT2D eigenvalue weighted by Crippen LogP contribution is 2.42. The van der Waals surface area contributed by atoms with Gasteiger partial charge >= 0.3 is 0 Å². The number of thiocarbonyl (C=S) groups is 1.